The fourth-order valence-electron chi connectivity index (χ4n) is 8.56. The summed E-state index contributed by atoms with van der Waals surface area (Å²) in [5, 5.41) is 0. The van der Waals surface area contributed by atoms with Crippen LogP contribution in [0.4, 0.5) is 0 Å². The highest BCUT2D eigenvalue weighted by Crippen LogP contribution is 2.39. The standard InChI is InChI=1S/C54H30O6S12.C6H5.BrH.Mg/c55-43(25-13-1-7-19-31(25)61)49(67)37-38(50(68)44(56)26-14-2-8-20-32(26)62)40(52(70)46(58)28-16-4-10-22-34(28)64)42(54(72)48(60)30-18-6-12-24-36(30)66)41(53(71)47(59)29-17-5-11-23-35(29)65)39(37)51(69)45(57)27-15-3-9-21-33(27)63;1-2-4-6-5-3-1;;/h1-18H,19-24H2;1-5H;1H;/q;;;+1/p-1. The van der Waals surface area contributed by atoms with E-state index in [0.717, 1.165) is 0 Å². The molecule has 6 nitrogen and oxygen atoms in total. The molecule has 392 valence electrons. The second-order valence-corrected chi connectivity index (χ2v) is 25.8. The molecule has 8 rings (SSSR count). The zero-order valence-corrected chi connectivity index (χ0v) is 54.3. The normalized spacial score (nSPS) is 16.1. The smallest absolute Gasteiger partial charge is 0.296 e. The molecular weight excluding hydrogens is 1310 g/mol. The van der Waals surface area contributed by atoms with Crippen molar-refractivity contribution >= 4 is 274 Å². The number of allylic oxidation sites excluding steroid dienone is 24. The van der Waals surface area contributed by atoms with Gasteiger partial charge in [-0.1, -0.05) is 286 Å². The van der Waals surface area contributed by atoms with Gasteiger partial charge < -0.3 is 0 Å². The molecule has 80 heavy (non-hydrogen) atoms. The second-order valence-electron chi connectivity index (χ2n) is 17.6. The van der Waals surface area contributed by atoms with Crippen LogP contribution in [0.2, 0.25) is 0 Å². The number of carbonyl (C=O) groups excluding carboxylic acids is 6. The fraction of sp³-hybridized carbons (Fsp3) is 0.100. The average Bonchev–Trinajstić information content (AvgIpc) is 3.63. The Morgan fingerprint density at radius 2 is 0.487 bits per heavy atom. The SMILES string of the molecule is O=C(C(=S)c1c(C(=S)C(=O)C2=CC=CCC2=S)c(C(=S)C(=O)C2=CC=CCC2=S)c(C(=S)C(=O)C2=CC=CCC2=S)c(C(=S)C(=O)C2=CC=CCC2=S)c1C(=S)C(=O)C1=CC=CCC1=S)C1=CC=CCC1=S.[Br][Mg][c]1ccccc1. The first-order chi connectivity index (χ1) is 38.2. The third-order valence-corrected chi connectivity index (χ3v) is 20.0. The summed E-state index contributed by atoms with van der Waals surface area (Å²) >= 11 is 74.8. The largest absolute Gasteiger partial charge is 0.506 e. The van der Waals surface area contributed by atoms with Crippen LogP contribution in [0.5, 0.6) is 0 Å². The van der Waals surface area contributed by atoms with E-state index in [1.807, 2.05) is 6.07 Å². The Hall–Kier alpha value is -4.33. The number of Topliss-reactive ketones (excluding diaryl/α,β-unsaturated/α-hetero) is 6. The van der Waals surface area contributed by atoms with Crippen molar-refractivity contribution in [2.75, 3.05) is 0 Å². The molecular formula is C60H35BrMgO6S12. The van der Waals surface area contributed by atoms with Gasteiger partial charge in [-0.05, 0) is 0 Å². The summed E-state index contributed by atoms with van der Waals surface area (Å²) in [5.74, 6) is -5.40. The van der Waals surface area contributed by atoms with Crippen molar-refractivity contribution < 1.29 is 28.8 Å². The van der Waals surface area contributed by atoms with Crippen molar-refractivity contribution in [3.8, 4) is 0 Å². The Labute approximate surface area is 541 Å². The van der Waals surface area contributed by atoms with Gasteiger partial charge in [0.25, 0.3) is 0 Å². The van der Waals surface area contributed by atoms with Gasteiger partial charge in [0.1, 0.15) is 0 Å². The molecule has 6 aliphatic rings. The van der Waals surface area contributed by atoms with Crippen molar-refractivity contribution in [3.63, 3.8) is 0 Å². The number of halogens is 1. The van der Waals surface area contributed by atoms with Crippen molar-refractivity contribution in [2.45, 2.75) is 38.5 Å². The molecule has 0 atom stereocenters. The van der Waals surface area contributed by atoms with Gasteiger partial charge in [0.05, 0.1) is 29.2 Å². The van der Waals surface area contributed by atoms with Crippen molar-refractivity contribution in [2.24, 2.45) is 0 Å². The molecule has 0 saturated carbocycles. The molecule has 0 N–H and O–H groups in total. The third-order valence-electron chi connectivity index (χ3n) is 12.6. The van der Waals surface area contributed by atoms with E-state index in [9.17, 15) is 0 Å². The predicted molar refractivity (Wildman–Crippen MR) is 374 cm³/mol. The summed E-state index contributed by atoms with van der Waals surface area (Å²) in [7, 11) is 0. The summed E-state index contributed by atoms with van der Waals surface area (Å²) < 4.78 is 1.47. The monoisotopic (exact) mass is 1340 g/mol. The minimum absolute atomic E-state index is 0.0403. The lowest BCUT2D eigenvalue weighted by Crippen LogP contribution is -2.38. The van der Waals surface area contributed by atoms with Gasteiger partial charge in [-0.25, -0.2) is 0 Å². The molecule has 0 amide bonds. The van der Waals surface area contributed by atoms with E-state index in [2.05, 4.69) is 37.1 Å². The zero-order valence-electron chi connectivity index (χ0n) is 41.5. The van der Waals surface area contributed by atoms with Gasteiger partial charge >= 0.3 is 18.2 Å². The minimum atomic E-state index is -0.900. The third kappa shape index (κ3) is 13.8. The Bertz CT molecular complexity index is 3210. The Balaban J connectivity index is 0.00000106. The van der Waals surface area contributed by atoms with Crippen LogP contribution in [0, 0.1) is 0 Å². The average molecular weight is 1340 g/mol. The summed E-state index contributed by atoms with van der Waals surface area (Å²) in [6.07, 6.45) is 29.6. The highest BCUT2D eigenvalue weighted by molar-refractivity contribution is 9.23. The predicted octanol–water partition coefficient (Wildman–Crippen LogP) is 12.3. The Morgan fingerprint density at radius 3 is 0.625 bits per heavy atom. The first kappa shape index (κ1) is 63.3. The topological polar surface area (TPSA) is 102 Å². The van der Waals surface area contributed by atoms with Crippen LogP contribution in [-0.4, -0.2) is 111 Å². The van der Waals surface area contributed by atoms with Gasteiger partial charge in [-0.3, -0.25) is 41.7 Å². The lowest BCUT2D eigenvalue weighted by Gasteiger charge is -2.29. The number of ketones is 6. The molecule has 0 unspecified atom stereocenters. The summed E-state index contributed by atoms with van der Waals surface area (Å²) in [6, 6.07) is 10.5. The van der Waals surface area contributed by atoms with E-state index in [-0.39, 0.29) is 119 Å². The van der Waals surface area contributed by atoms with Gasteiger partial charge in [0.2, 0.25) is 34.7 Å². The van der Waals surface area contributed by atoms with Crippen LogP contribution < -0.4 is 3.69 Å². The first-order valence-electron chi connectivity index (χ1n) is 24.0. The van der Waals surface area contributed by atoms with Gasteiger partial charge in [-0.2, -0.15) is 3.69 Å². The molecule has 0 fully saturated rings. The van der Waals surface area contributed by atoms with Gasteiger partial charge in [0.15, 0.2) is 0 Å². The Kier molecular flexibility index (Phi) is 22.8. The lowest BCUT2D eigenvalue weighted by molar-refractivity contribution is -0.110. The fourth-order valence-corrected chi connectivity index (χ4v) is 13.6. The van der Waals surface area contributed by atoms with Crippen LogP contribution in [0.15, 0.2) is 173 Å². The maximum absolute atomic E-state index is 15.2. The van der Waals surface area contributed by atoms with Crippen molar-refractivity contribution in [1.29, 1.82) is 0 Å². The van der Waals surface area contributed by atoms with Crippen molar-refractivity contribution in [3.05, 3.63) is 207 Å². The minimum Gasteiger partial charge on any atom is -0.296 e. The lowest BCUT2D eigenvalue weighted by atomic mass is 9.74. The molecule has 0 spiro atoms. The quantitative estimate of drug-likeness (QED) is 0.0756. The number of hydrogen-bond donors (Lipinski definition) is 0. The molecule has 20 heteroatoms. The summed E-state index contributed by atoms with van der Waals surface area (Å²) in [5.41, 5.74) is -3.29. The molecule has 0 bridgehead atoms. The molecule has 0 saturated heterocycles. The highest BCUT2D eigenvalue weighted by Gasteiger charge is 2.43. The maximum atomic E-state index is 15.2. The van der Waals surface area contributed by atoms with Crippen LogP contribution in [0.3, 0.4) is 0 Å². The first-order valence-corrected chi connectivity index (χ1v) is 33.5. The zero-order chi connectivity index (χ0) is 58.1. The summed E-state index contributed by atoms with van der Waals surface area (Å²) in [6.45, 7) is 0. The molecule has 2 aromatic rings. The second kappa shape index (κ2) is 28.8. The van der Waals surface area contributed by atoms with Gasteiger partial charge in [0, 0.05) is 135 Å². The van der Waals surface area contributed by atoms with E-state index < -0.39 is 97.3 Å². The number of thiocarbonyl (C=S) groups is 12. The summed E-state index contributed by atoms with van der Waals surface area (Å²) in [4.78, 5) is 88.7. The van der Waals surface area contributed by atoms with E-state index in [0.29, 0.717) is 0 Å². The number of benzene rings is 2. The van der Waals surface area contributed by atoms with E-state index >= 15 is 28.8 Å². The number of rotatable bonds is 19. The highest BCUT2D eigenvalue weighted by atomic mass is 79.9. The van der Waals surface area contributed by atoms with Crippen LogP contribution in [-0.2, 0) is 28.8 Å². The molecule has 0 radical (unpaired) electrons. The number of hydrogen-bond acceptors (Lipinski definition) is 18. The molecule has 2 aromatic carbocycles. The maximum Gasteiger partial charge on any atom is 0.506 e. The molecule has 0 aliphatic heterocycles. The van der Waals surface area contributed by atoms with Gasteiger partial charge in [-0.15, -0.1) is 0 Å². The van der Waals surface area contributed by atoms with E-state index in [1.54, 1.807) is 72.9 Å². The molecule has 0 heterocycles. The van der Waals surface area contributed by atoms with Crippen LogP contribution in [0.25, 0.3) is 0 Å². The van der Waals surface area contributed by atoms with Crippen LogP contribution >= 0.6 is 159 Å². The molecule has 6 aliphatic carbocycles. The molecule has 0 aromatic heterocycles. The van der Waals surface area contributed by atoms with Crippen molar-refractivity contribution in [1.82, 2.24) is 0 Å². The van der Waals surface area contributed by atoms with E-state index in [1.165, 1.54) is 40.1 Å². The van der Waals surface area contributed by atoms with E-state index in [4.69, 9.17) is 147 Å². The number of carbonyl (C=O) groups is 6. The van der Waals surface area contributed by atoms with Crippen LogP contribution in [0.1, 0.15) is 71.9 Å². The Morgan fingerprint density at radius 1 is 0.312 bits per heavy atom.